The average Bonchev–Trinajstić information content (AvgIpc) is 2.60. The molecule has 0 unspecified atom stereocenters. The van der Waals surface area contributed by atoms with Crippen LogP contribution in [0.3, 0.4) is 0 Å². The number of nitrogens with zero attached hydrogens (tertiary/aromatic N) is 2. The Hall–Kier alpha value is -2.47. The molecular weight excluding hydrogens is 360 g/mol. The summed E-state index contributed by atoms with van der Waals surface area (Å²) in [6, 6.07) is 9.38. The van der Waals surface area contributed by atoms with Gasteiger partial charge in [-0.3, -0.25) is 4.98 Å². The average molecular weight is 373 g/mol. The van der Waals surface area contributed by atoms with Crippen LogP contribution in [0.25, 0.3) is 22.2 Å². The predicted octanol–water partition coefficient (Wildman–Crippen LogP) is 3.85. The maximum atomic E-state index is 12.3. The molecule has 0 fully saturated rings. The lowest BCUT2D eigenvalue weighted by Crippen LogP contribution is -2.08. The molecule has 0 N–H and O–H groups in total. The maximum Gasteiger partial charge on any atom is 0.342 e. The van der Waals surface area contributed by atoms with E-state index < -0.39 is 5.97 Å². The fraction of sp³-hybridized carbons (Fsp3) is 0.118. The van der Waals surface area contributed by atoms with Gasteiger partial charge in [0.25, 0.3) is 0 Å². The van der Waals surface area contributed by atoms with E-state index in [9.17, 15) is 4.79 Å². The second-order valence-electron chi connectivity index (χ2n) is 4.76. The molecule has 2 aromatic heterocycles. The number of pyridine rings is 2. The van der Waals surface area contributed by atoms with Crippen molar-refractivity contribution in [1.29, 1.82) is 0 Å². The first-order valence-electron chi connectivity index (χ1n) is 6.81. The number of halogens is 1. The first-order chi connectivity index (χ1) is 11.2. The van der Waals surface area contributed by atoms with Gasteiger partial charge in [-0.2, -0.15) is 0 Å². The summed E-state index contributed by atoms with van der Waals surface area (Å²) in [5, 5.41) is 0.595. The number of aromatic nitrogens is 2. The van der Waals surface area contributed by atoms with Gasteiger partial charge >= 0.3 is 5.97 Å². The minimum atomic E-state index is -0.486. The molecule has 0 amide bonds. The highest BCUT2D eigenvalue weighted by Crippen LogP contribution is 2.36. The number of hydrogen-bond donors (Lipinski definition) is 0. The zero-order valence-electron chi connectivity index (χ0n) is 12.5. The first-order valence-corrected chi connectivity index (χ1v) is 7.61. The highest BCUT2D eigenvalue weighted by molar-refractivity contribution is 9.10. The monoisotopic (exact) mass is 372 g/mol. The van der Waals surface area contributed by atoms with Crippen molar-refractivity contribution in [3.8, 4) is 17.0 Å². The third kappa shape index (κ3) is 2.77. The summed E-state index contributed by atoms with van der Waals surface area (Å²) in [6.45, 7) is 0. The summed E-state index contributed by atoms with van der Waals surface area (Å²) < 4.78 is 11.4. The van der Waals surface area contributed by atoms with Crippen LogP contribution in [0, 0.1) is 0 Å². The predicted molar refractivity (Wildman–Crippen MR) is 90.6 cm³/mol. The number of ether oxygens (including phenoxy) is 2. The van der Waals surface area contributed by atoms with Crippen LogP contribution in [0.4, 0.5) is 0 Å². The molecule has 0 bridgehead atoms. The Morgan fingerprint density at radius 2 is 1.87 bits per heavy atom. The molecule has 1 aromatic carbocycles. The van der Waals surface area contributed by atoms with Crippen LogP contribution in [-0.2, 0) is 4.74 Å². The minimum Gasteiger partial charge on any atom is -0.494 e. The van der Waals surface area contributed by atoms with Crippen LogP contribution in [0.2, 0.25) is 0 Å². The van der Waals surface area contributed by atoms with E-state index in [-0.39, 0.29) is 0 Å². The second kappa shape index (κ2) is 6.34. The van der Waals surface area contributed by atoms with Crippen LogP contribution >= 0.6 is 15.9 Å². The lowest BCUT2D eigenvalue weighted by Gasteiger charge is -2.14. The summed E-state index contributed by atoms with van der Waals surface area (Å²) in [7, 11) is 2.84. The van der Waals surface area contributed by atoms with E-state index in [0.717, 1.165) is 10.0 Å². The van der Waals surface area contributed by atoms with Gasteiger partial charge in [-0.05, 0) is 18.2 Å². The lowest BCUT2D eigenvalue weighted by atomic mass is 10.0. The first kappa shape index (κ1) is 15.4. The highest BCUT2D eigenvalue weighted by Gasteiger charge is 2.23. The normalized spacial score (nSPS) is 10.6. The Labute approximate surface area is 141 Å². The number of hydrogen-bond acceptors (Lipinski definition) is 5. The van der Waals surface area contributed by atoms with Gasteiger partial charge in [-0.1, -0.05) is 28.1 Å². The van der Waals surface area contributed by atoms with Gasteiger partial charge in [-0.25, -0.2) is 9.78 Å². The van der Waals surface area contributed by atoms with Crippen molar-refractivity contribution in [3.05, 3.63) is 52.8 Å². The molecular formula is C17H13BrN2O3. The van der Waals surface area contributed by atoms with Crippen molar-refractivity contribution in [3.63, 3.8) is 0 Å². The number of benzene rings is 1. The Bertz CT molecular complexity index is 879. The third-order valence-corrected chi connectivity index (χ3v) is 3.98. The van der Waals surface area contributed by atoms with Crippen LogP contribution in [-0.4, -0.2) is 30.2 Å². The topological polar surface area (TPSA) is 61.3 Å². The molecule has 0 saturated heterocycles. The van der Waals surface area contributed by atoms with Gasteiger partial charge in [0.15, 0.2) is 5.75 Å². The molecule has 116 valence electrons. The molecule has 0 atom stereocenters. The van der Waals surface area contributed by atoms with E-state index in [1.165, 1.54) is 14.2 Å². The smallest absolute Gasteiger partial charge is 0.342 e. The summed E-state index contributed by atoms with van der Waals surface area (Å²) in [5.74, 6) is -0.111. The maximum absolute atomic E-state index is 12.3. The molecule has 0 aliphatic rings. The molecule has 0 aliphatic carbocycles. The van der Waals surface area contributed by atoms with Gasteiger partial charge in [0.2, 0.25) is 0 Å². The fourth-order valence-electron chi connectivity index (χ4n) is 2.40. The van der Waals surface area contributed by atoms with E-state index in [1.54, 1.807) is 18.5 Å². The number of fused-ring (bicyclic) bond motifs is 1. The second-order valence-corrected chi connectivity index (χ2v) is 5.68. The molecule has 23 heavy (non-hydrogen) atoms. The standard InChI is InChI=1S/C17H13BrN2O3/c1-22-16-14(17(21)23-2)12-9-19-8-7-13(12)20-15(16)10-3-5-11(18)6-4-10/h3-9H,1-2H3. The molecule has 0 radical (unpaired) electrons. The molecule has 2 heterocycles. The van der Waals surface area contributed by atoms with Crippen LogP contribution < -0.4 is 4.74 Å². The van der Waals surface area contributed by atoms with E-state index in [4.69, 9.17) is 9.47 Å². The van der Waals surface area contributed by atoms with E-state index in [1.807, 2.05) is 24.3 Å². The van der Waals surface area contributed by atoms with Crippen LogP contribution in [0.5, 0.6) is 5.75 Å². The summed E-state index contributed by atoms with van der Waals surface area (Å²) in [4.78, 5) is 21.0. The Kier molecular flexibility index (Phi) is 4.25. The van der Waals surface area contributed by atoms with Gasteiger partial charge in [0.05, 0.1) is 19.7 Å². The number of rotatable bonds is 3. The Balaban J connectivity index is 2.37. The fourth-order valence-corrected chi connectivity index (χ4v) is 2.66. The largest absolute Gasteiger partial charge is 0.494 e. The highest BCUT2D eigenvalue weighted by atomic mass is 79.9. The number of esters is 1. The van der Waals surface area contributed by atoms with Crippen molar-refractivity contribution >= 4 is 32.8 Å². The van der Waals surface area contributed by atoms with Gasteiger partial charge in [-0.15, -0.1) is 0 Å². The van der Waals surface area contributed by atoms with Crippen molar-refractivity contribution in [1.82, 2.24) is 9.97 Å². The van der Waals surface area contributed by atoms with Crippen LogP contribution in [0.15, 0.2) is 47.2 Å². The Morgan fingerprint density at radius 1 is 1.13 bits per heavy atom. The number of methoxy groups -OCH3 is 2. The van der Waals surface area contributed by atoms with Crippen molar-refractivity contribution in [2.24, 2.45) is 0 Å². The molecule has 0 spiro atoms. The minimum absolute atomic E-state index is 0.325. The third-order valence-electron chi connectivity index (χ3n) is 3.45. The molecule has 0 aliphatic heterocycles. The SMILES string of the molecule is COC(=O)c1c(OC)c(-c2ccc(Br)cc2)nc2ccncc12. The number of carbonyl (C=O) groups is 1. The summed E-state index contributed by atoms with van der Waals surface area (Å²) >= 11 is 3.41. The molecule has 5 nitrogen and oxygen atoms in total. The Morgan fingerprint density at radius 3 is 2.52 bits per heavy atom. The van der Waals surface area contributed by atoms with Gasteiger partial charge < -0.3 is 9.47 Å². The zero-order chi connectivity index (χ0) is 16.4. The van der Waals surface area contributed by atoms with E-state index >= 15 is 0 Å². The molecule has 0 saturated carbocycles. The zero-order valence-corrected chi connectivity index (χ0v) is 14.1. The number of carbonyl (C=O) groups excluding carboxylic acids is 1. The molecule has 3 rings (SSSR count). The van der Waals surface area contributed by atoms with Crippen LogP contribution in [0.1, 0.15) is 10.4 Å². The van der Waals surface area contributed by atoms with Crippen molar-refractivity contribution in [2.45, 2.75) is 0 Å². The molecule has 6 heteroatoms. The van der Waals surface area contributed by atoms with Crippen molar-refractivity contribution in [2.75, 3.05) is 14.2 Å². The van der Waals surface area contributed by atoms with E-state index in [2.05, 4.69) is 25.9 Å². The summed E-state index contributed by atoms with van der Waals surface area (Å²) in [5.41, 5.74) is 2.40. The lowest BCUT2D eigenvalue weighted by molar-refractivity contribution is 0.0599. The van der Waals surface area contributed by atoms with Gasteiger partial charge in [0, 0.05) is 27.8 Å². The van der Waals surface area contributed by atoms with E-state index in [0.29, 0.717) is 27.9 Å². The quantitative estimate of drug-likeness (QED) is 0.653. The molecule has 3 aromatic rings. The van der Waals surface area contributed by atoms with Crippen molar-refractivity contribution < 1.29 is 14.3 Å². The summed E-state index contributed by atoms with van der Waals surface area (Å²) in [6.07, 6.45) is 3.22. The van der Waals surface area contributed by atoms with Gasteiger partial charge in [0.1, 0.15) is 11.3 Å².